The molecule has 0 spiro atoms. The summed E-state index contributed by atoms with van der Waals surface area (Å²) in [5.74, 6) is 4.20. The number of rotatable bonds is 6. The third-order valence-electron chi connectivity index (χ3n) is 3.50. The smallest absolute Gasteiger partial charge is 0.372 e. The van der Waals surface area contributed by atoms with Crippen molar-refractivity contribution in [3.8, 4) is 0 Å². The normalized spacial score (nSPS) is 11.0. The maximum Gasteiger partial charge on any atom is 0.372 e. The van der Waals surface area contributed by atoms with E-state index in [1.54, 1.807) is 25.3 Å². The Morgan fingerprint density at radius 2 is 1.85 bits per heavy atom. The van der Waals surface area contributed by atoms with Crippen LogP contribution in [-0.4, -0.2) is 31.3 Å². The van der Waals surface area contributed by atoms with Gasteiger partial charge in [0.2, 0.25) is 6.54 Å². The van der Waals surface area contributed by atoms with E-state index >= 15 is 0 Å². The maximum atomic E-state index is 12.5. The number of esters is 1. The van der Waals surface area contributed by atoms with E-state index in [0.29, 0.717) is 0 Å². The molecule has 2 aromatic rings. The molecule has 9 heteroatoms. The number of sulfonamides is 1. The van der Waals surface area contributed by atoms with Crippen LogP contribution in [0.5, 0.6) is 0 Å². The topological polar surface area (TPSA) is 111 Å². The highest BCUT2D eigenvalue weighted by Crippen LogP contribution is 2.15. The highest BCUT2D eigenvalue weighted by Gasteiger charge is 2.29. The first kappa shape index (κ1) is 19.5. The number of pyridine rings is 1. The van der Waals surface area contributed by atoms with Crippen molar-refractivity contribution in [1.82, 2.24) is 4.41 Å². The monoisotopic (exact) mass is 378 g/mol. The summed E-state index contributed by atoms with van der Waals surface area (Å²) in [6, 6.07) is 8.91. The summed E-state index contributed by atoms with van der Waals surface area (Å²) < 4.78 is 31.5. The van der Waals surface area contributed by atoms with Crippen LogP contribution in [0.4, 0.5) is 0 Å². The number of carbonyl (C=O) groups is 2. The minimum absolute atomic E-state index is 0.0231. The molecule has 1 heterocycles. The van der Waals surface area contributed by atoms with Crippen LogP contribution in [0.2, 0.25) is 0 Å². The number of carbonyl (C=O) groups excluding carboxylic acids is 2. The van der Waals surface area contributed by atoms with E-state index in [1.165, 1.54) is 35.0 Å². The summed E-state index contributed by atoms with van der Waals surface area (Å²) in [4.78, 5) is 23.9. The molecule has 2 N–H and O–H groups in total. The Hall–Kier alpha value is -2.78. The molecule has 8 nitrogen and oxygen atoms in total. The average Bonchev–Trinajstić information content (AvgIpc) is 2.61. The number of ether oxygens (including phenoxy) is 1. The fraction of sp³-hybridized carbons (Fsp3) is 0.235. The second kappa shape index (κ2) is 8.07. The highest BCUT2D eigenvalue weighted by molar-refractivity contribution is 7.89. The highest BCUT2D eigenvalue weighted by atomic mass is 32.2. The quantitative estimate of drug-likeness (QED) is 0.258. The Morgan fingerprint density at radius 3 is 2.46 bits per heavy atom. The zero-order valence-corrected chi connectivity index (χ0v) is 15.3. The molecule has 0 aliphatic rings. The van der Waals surface area contributed by atoms with Crippen LogP contribution in [0, 0.1) is 6.92 Å². The minimum atomic E-state index is -4.19. The molecule has 2 rings (SSSR count). The lowest BCUT2D eigenvalue weighted by molar-refractivity contribution is -0.686. The van der Waals surface area contributed by atoms with Gasteiger partial charge in [-0.2, -0.15) is 17.4 Å². The van der Waals surface area contributed by atoms with Gasteiger partial charge < -0.3 is 4.74 Å². The van der Waals surface area contributed by atoms with Gasteiger partial charge in [-0.05, 0) is 32.0 Å². The van der Waals surface area contributed by atoms with Gasteiger partial charge in [-0.1, -0.05) is 17.7 Å². The number of nitrogens with two attached hydrogens (primary N) is 1. The lowest BCUT2D eigenvalue weighted by atomic mass is 10.2. The van der Waals surface area contributed by atoms with E-state index in [9.17, 15) is 18.0 Å². The molecular formula is C17H20N3O5S+. The molecule has 0 radical (unpaired) electrons. The third-order valence-corrected chi connectivity index (χ3v) is 5.05. The van der Waals surface area contributed by atoms with E-state index < -0.39 is 21.9 Å². The summed E-state index contributed by atoms with van der Waals surface area (Å²) in [5.41, 5.74) is 0.900. The van der Waals surface area contributed by atoms with E-state index in [4.69, 9.17) is 10.6 Å². The fourth-order valence-electron chi connectivity index (χ4n) is 2.16. The Morgan fingerprint density at radius 1 is 1.19 bits per heavy atom. The third kappa shape index (κ3) is 4.44. The number of hydrogen-bond donors (Lipinski definition) is 1. The zero-order valence-electron chi connectivity index (χ0n) is 14.5. The Labute approximate surface area is 151 Å². The van der Waals surface area contributed by atoms with Crippen LogP contribution in [0.25, 0.3) is 0 Å². The van der Waals surface area contributed by atoms with E-state index in [2.05, 4.69) is 0 Å². The van der Waals surface area contributed by atoms with Gasteiger partial charge in [0.15, 0.2) is 12.4 Å². The number of nitrogens with zero attached hydrogens (tertiary/aromatic N) is 2. The van der Waals surface area contributed by atoms with Crippen molar-refractivity contribution in [3.63, 3.8) is 0 Å². The molecule has 0 atom stereocenters. The minimum Gasteiger partial charge on any atom is -0.461 e. The van der Waals surface area contributed by atoms with Gasteiger partial charge in [0.1, 0.15) is 5.56 Å². The molecule has 0 aliphatic carbocycles. The van der Waals surface area contributed by atoms with Crippen molar-refractivity contribution in [1.29, 1.82) is 0 Å². The Kier molecular flexibility index (Phi) is 6.06. The largest absolute Gasteiger partial charge is 0.461 e. The van der Waals surface area contributed by atoms with Gasteiger partial charge in [0.05, 0.1) is 11.5 Å². The summed E-state index contributed by atoms with van der Waals surface area (Å²) in [7, 11) is -4.19. The SMILES string of the molecule is CCOC(=O)C[n+]1cccc(C(=O)N(N)S(=O)(=O)c2ccc(C)cc2)c1. The van der Waals surface area contributed by atoms with Crippen molar-refractivity contribution >= 4 is 21.9 Å². The van der Waals surface area contributed by atoms with Crippen molar-refractivity contribution in [3.05, 3.63) is 59.9 Å². The molecule has 0 aliphatic heterocycles. The molecule has 0 fully saturated rings. The molecule has 0 bridgehead atoms. The molecule has 1 aromatic carbocycles. The van der Waals surface area contributed by atoms with Gasteiger partial charge in [0.25, 0.3) is 15.9 Å². The summed E-state index contributed by atoms with van der Waals surface area (Å²) in [6.45, 7) is 3.63. The molecular weight excluding hydrogens is 358 g/mol. The number of hydrazine groups is 1. The predicted molar refractivity (Wildman–Crippen MR) is 92.0 cm³/mol. The van der Waals surface area contributed by atoms with E-state index in [-0.39, 0.29) is 28.0 Å². The number of benzene rings is 1. The van der Waals surface area contributed by atoms with E-state index in [1.807, 2.05) is 6.92 Å². The molecule has 0 saturated carbocycles. The summed E-state index contributed by atoms with van der Waals surface area (Å²) in [6.07, 6.45) is 2.90. The molecule has 1 aromatic heterocycles. The fourth-order valence-corrected chi connectivity index (χ4v) is 3.19. The van der Waals surface area contributed by atoms with Gasteiger partial charge in [0, 0.05) is 6.07 Å². The van der Waals surface area contributed by atoms with Crippen molar-refractivity contribution in [2.24, 2.45) is 5.84 Å². The van der Waals surface area contributed by atoms with Crippen LogP contribution in [0.1, 0.15) is 22.8 Å². The second-order valence-corrected chi connectivity index (χ2v) is 7.30. The lowest BCUT2D eigenvalue weighted by Crippen LogP contribution is -2.44. The van der Waals surface area contributed by atoms with Gasteiger partial charge in [-0.3, -0.25) is 4.79 Å². The van der Waals surface area contributed by atoms with Crippen LogP contribution < -0.4 is 10.4 Å². The zero-order chi connectivity index (χ0) is 19.3. The van der Waals surface area contributed by atoms with Crippen molar-refractivity contribution in [2.75, 3.05) is 6.61 Å². The first-order valence-corrected chi connectivity index (χ1v) is 9.25. The summed E-state index contributed by atoms with van der Waals surface area (Å²) >= 11 is 0. The van der Waals surface area contributed by atoms with Crippen LogP contribution in [0.3, 0.4) is 0 Å². The number of amides is 1. The molecule has 0 saturated heterocycles. The van der Waals surface area contributed by atoms with Crippen LogP contribution in [0.15, 0.2) is 53.7 Å². The summed E-state index contributed by atoms with van der Waals surface area (Å²) in [5, 5.41) is 0. The molecule has 1 amide bonds. The van der Waals surface area contributed by atoms with E-state index in [0.717, 1.165) is 5.56 Å². The Balaban J connectivity index is 2.25. The number of hydrogen-bond acceptors (Lipinski definition) is 6. The average molecular weight is 378 g/mol. The Bertz CT molecular complexity index is 910. The van der Waals surface area contributed by atoms with Crippen LogP contribution >= 0.6 is 0 Å². The first-order chi connectivity index (χ1) is 12.3. The second-order valence-electron chi connectivity index (χ2n) is 5.49. The van der Waals surface area contributed by atoms with Crippen LogP contribution in [-0.2, 0) is 26.1 Å². The maximum absolute atomic E-state index is 12.5. The van der Waals surface area contributed by atoms with Gasteiger partial charge in [-0.15, -0.1) is 0 Å². The van der Waals surface area contributed by atoms with Crippen molar-refractivity contribution in [2.45, 2.75) is 25.3 Å². The standard InChI is InChI=1S/C17H20N3O5S/c1-3-25-16(21)12-19-10-4-5-14(11-19)17(22)20(18)26(23,24)15-8-6-13(2)7-9-15/h4-11H,3,12,18H2,1-2H3/q+1. The molecule has 138 valence electrons. The van der Waals surface area contributed by atoms with Gasteiger partial charge in [-0.25, -0.2) is 10.6 Å². The van der Waals surface area contributed by atoms with Gasteiger partial charge >= 0.3 is 5.97 Å². The molecule has 0 unspecified atom stereocenters. The number of aromatic nitrogens is 1. The first-order valence-electron chi connectivity index (χ1n) is 7.81. The molecule has 26 heavy (non-hydrogen) atoms. The van der Waals surface area contributed by atoms with Crippen molar-refractivity contribution < 1.29 is 27.3 Å². The lowest BCUT2D eigenvalue weighted by Gasteiger charge is -2.16. The number of aryl methyl sites for hydroxylation is 1. The predicted octanol–water partition coefficient (Wildman–Crippen LogP) is 0.550.